The van der Waals surface area contributed by atoms with Crippen molar-refractivity contribution in [1.29, 1.82) is 0 Å². The summed E-state index contributed by atoms with van der Waals surface area (Å²) in [6, 6.07) is 13.4. The number of hydrogen-bond donors (Lipinski definition) is 0. The number of benzene rings is 2. The van der Waals surface area contributed by atoms with Crippen LogP contribution in [0.15, 0.2) is 52.4 Å². The number of rotatable bonds is 6. The highest BCUT2D eigenvalue weighted by atomic mass is 32.2. The molecule has 0 radical (unpaired) electrons. The Morgan fingerprint density at radius 3 is 2.56 bits per heavy atom. The molecule has 0 amide bonds. The molecule has 3 unspecified atom stereocenters. The van der Waals surface area contributed by atoms with Crippen LogP contribution in [0, 0.1) is 31.6 Å². The highest BCUT2D eigenvalue weighted by Gasteiger charge is 2.33. The van der Waals surface area contributed by atoms with Gasteiger partial charge in [-0.1, -0.05) is 57.2 Å². The van der Waals surface area contributed by atoms with Gasteiger partial charge in [0.2, 0.25) is 0 Å². The zero-order valence-electron chi connectivity index (χ0n) is 20.7. The molecule has 1 saturated carbocycles. The fourth-order valence-corrected chi connectivity index (χ4v) is 5.89. The Bertz CT molecular complexity index is 1230. The zero-order valence-corrected chi connectivity index (χ0v) is 21.5. The summed E-state index contributed by atoms with van der Waals surface area (Å²) in [4.78, 5) is 31.2. The number of para-hydroxylation sites is 1. The van der Waals surface area contributed by atoms with E-state index in [1.54, 1.807) is 10.6 Å². The lowest BCUT2D eigenvalue weighted by atomic mass is 9.75. The maximum atomic E-state index is 13.5. The average Bonchev–Trinajstić information content (AvgIpc) is 2.77. The van der Waals surface area contributed by atoms with Crippen LogP contribution >= 0.6 is 11.8 Å². The van der Waals surface area contributed by atoms with Gasteiger partial charge in [-0.3, -0.25) is 14.2 Å². The van der Waals surface area contributed by atoms with E-state index in [4.69, 9.17) is 9.72 Å². The van der Waals surface area contributed by atoms with Gasteiger partial charge in [-0.15, -0.1) is 0 Å². The Morgan fingerprint density at radius 2 is 1.85 bits per heavy atom. The van der Waals surface area contributed by atoms with Crippen molar-refractivity contribution in [2.75, 3.05) is 5.75 Å². The van der Waals surface area contributed by atoms with E-state index in [2.05, 4.69) is 26.8 Å². The maximum absolute atomic E-state index is 13.5. The molecule has 0 aliphatic heterocycles. The van der Waals surface area contributed by atoms with Gasteiger partial charge in [0.05, 0.1) is 22.3 Å². The van der Waals surface area contributed by atoms with E-state index in [0.717, 1.165) is 29.7 Å². The molecule has 1 aromatic heterocycles. The standard InChI is InChI=1S/C28H34N2O3S/c1-17(2)22-11-10-18(3)15-25(22)33-26(31)16-34-28-29-24-9-7-6-8-23(24)27(32)30(28)21-13-19(4)12-20(5)14-21/h6-9,12-14,17-18,22,25H,10-11,15-16H2,1-5H3. The molecule has 180 valence electrons. The first-order valence-electron chi connectivity index (χ1n) is 12.2. The van der Waals surface area contributed by atoms with Crippen molar-refractivity contribution in [3.63, 3.8) is 0 Å². The van der Waals surface area contributed by atoms with Crippen LogP contribution in [0.4, 0.5) is 0 Å². The highest BCUT2D eigenvalue weighted by molar-refractivity contribution is 7.99. The van der Waals surface area contributed by atoms with Gasteiger partial charge in [-0.05, 0) is 79.8 Å². The lowest BCUT2D eigenvalue weighted by Gasteiger charge is -2.36. The van der Waals surface area contributed by atoms with Gasteiger partial charge in [-0.2, -0.15) is 0 Å². The maximum Gasteiger partial charge on any atom is 0.316 e. The number of ether oxygens (including phenoxy) is 1. The SMILES string of the molecule is Cc1cc(C)cc(-n2c(SCC(=O)OC3CC(C)CCC3C(C)C)nc3ccccc3c2=O)c1. The smallest absolute Gasteiger partial charge is 0.316 e. The van der Waals surface area contributed by atoms with E-state index in [0.29, 0.717) is 33.8 Å². The predicted molar refractivity (Wildman–Crippen MR) is 139 cm³/mol. The van der Waals surface area contributed by atoms with E-state index in [9.17, 15) is 9.59 Å². The van der Waals surface area contributed by atoms with Crippen LogP contribution in [0.5, 0.6) is 0 Å². The highest BCUT2D eigenvalue weighted by Crippen LogP contribution is 2.35. The van der Waals surface area contributed by atoms with Gasteiger partial charge in [0, 0.05) is 0 Å². The summed E-state index contributed by atoms with van der Waals surface area (Å²) >= 11 is 1.27. The minimum Gasteiger partial charge on any atom is -0.461 e. The normalized spacial score (nSPS) is 20.6. The summed E-state index contributed by atoms with van der Waals surface area (Å²) in [5.74, 6) is 1.32. The van der Waals surface area contributed by atoms with Crippen LogP contribution in [-0.4, -0.2) is 27.4 Å². The fourth-order valence-electron chi connectivity index (χ4n) is 5.09. The van der Waals surface area contributed by atoms with Crippen molar-refractivity contribution in [3.8, 4) is 5.69 Å². The number of aryl methyl sites for hydroxylation is 2. The Balaban J connectivity index is 1.62. The molecule has 3 atom stereocenters. The number of fused-ring (bicyclic) bond motifs is 1. The van der Waals surface area contributed by atoms with Gasteiger partial charge in [-0.25, -0.2) is 4.98 Å². The summed E-state index contributed by atoms with van der Waals surface area (Å²) in [6.07, 6.45) is 3.17. The van der Waals surface area contributed by atoms with E-state index in [-0.39, 0.29) is 23.4 Å². The van der Waals surface area contributed by atoms with Gasteiger partial charge in [0.15, 0.2) is 5.16 Å². The molecule has 1 fully saturated rings. The molecule has 0 N–H and O–H groups in total. The third kappa shape index (κ3) is 5.38. The minimum atomic E-state index is -0.246. The quantitative estimate of drug-likeness (QED) is 0.243. The van der Waals surface area contributed by atoms with Gasteiger partial charge < -0.3 is 4.74 Å². The zero-order chi connectivity index (χ0) is 24.4. The van der Waals surface area contributed by atoms with E-state index in [1.807, 2.05) is 44.2 Å². The molecule has 0 spiro atoms. The molecule has 1 aliphatic rings. The summed E-state index contributed by atoms with van der Waals surface area (Å²) < 4.78 is 7.61. The second-order valence-corrected chi connectivity index (χ2v) is 11.0. The topological polar surface area (TPSA) is 61.2 Å². The second-order valence-electron chi connectivity index (χ2n) is 10.0. The van der Waals surface area contributed by atoms with Crippen molar-refractivity contribution < 1.29 is 9.53 Å². The third-order valence-corrected chi connectivity index (χ3v) is 7.68. The molecule has 0 saturated heterocycles. The molecule has 6 heteroatoms. The molecule has 1 heterocycles. The van der Waals surface area contributed by atoms with Crippen molar-refractivity contribution >= 4 is 28.6 Å². The van der Waals surface area contributed by atoms with Crippen LogP contribution in [0.25, 0.3) is 16.6 Å². The molecule has 1 aliphatic carbocycles. The number of thioether (sulfide) groups is 1. The first-order valence-corrected chi connectivity index (χ1v) is 13.1. The number of nitrogens with zero attached hydrogens (tertiary/aromatic N) is 2. The largest absolute Gasteiger partial charge is 0.461 e. The van der Waals surface area contributed by atoms with Crippen LogP contribution in [-0.2, 0) is 9.53 Å². The molecule has 2 aromatic carbocycles. The molecular weight excluding hydrogens is 444 g/mol. The Hall–Kier alpha value is -2.60. The lowest BCUT2D eigenvalue weighted by Crippen LogP contribution is -2.36. The first kappa shape index (κ1) is 24.5. The molecule has 5 nitrogen and oxygen atoms in total. The summed E-state index contributed by atoms with van der Waals surface area (Å²) in [7, 11) is 0. The van der Waals surface area contributed by atoms with Crippen LogP contribution in [0.1, 0.15) is 51.2 Å². The average molecular weight is 479 g/mol. The van der Waals surface area contributed by atoms with Crippen LogP contribution in [0.2, 0.25) is 0 Å². The number of aromatic nitrogens is 2. The minimum absolute atomic E-state index is 0.0389. The summed E-state index contributed by atoms with van der Waals surface area (Å²) in [6.45, 7) is 10.7. The van der Waals surface area contributed by atoms with Crippen LogP contribution < -0.4 is 5.56 Å². The van der Waals surface area contributed by atoms with Gasteiger partial charge in [0.1, 0.15) is 6.10 Å². The summed E-state index contributed by atoms with van der Waals surface area (Å²) in [5, 5.41) is 1.06. The Kier molecular flexibility index (Phi) is 7.46. The van der Waals surface area contributed by atoms with Crippen molar-refractivity contribution in [3.05, 3.63) is 63.9 Å². The lowest BCUT2D eigenvalue weighted by molar-refractivity contribution is -0.152. The Labute approximate surface area is 205 Å². The molecule has 4 rings (SSSR count). The van der Waals surface area contributed by atoms with Crippen molar-refractivity contribution in [2.24, 2.45) is 17.8 Å². The molecule has 0 bridgehead atoms. The van der Waals surface area contributed by atoms with Crippen LogP contribution in [0.3, 0.4) is 0 Å². The van der Waals surface area contributed by atoms with E-state index < -0.39 is 0 Å². The number of esters is 1. The number of carbonyl (C=O) groups is 1. The monoisotopic (exact) mass is 478 g/mol. The van der Waals surface area contributed by atoms with Gasteiger partial charge in [0.25, 0.3) is 5.56 Å². The third-order valence-electron chi connectivity index (χ3n) is 6.77. The fraction of sp³-hybridized carbons (Fsp3) is 0.464. The summed E-state index contributed by atoms with van der Waals surface area (Å²) in [5.41, 5.74) is 3.39. The first-order chi connectivity index (χ1) is 16.2. The van der Waals surface area contributed by atoms with E-state index >= 15 is 0 Å². The Morgan fingerprint density at radius 1 is 1.15 bits per heavy atom. The molecule has 3 aromatic rings. The number of carbonyl (C=O) groups excluding carboxylic acids is 1. The molecule has 34 heavy (non-hydrogen) atoms. The number of hydrogen-bond acceptors (Lipinski definition) is 5. The van der Waals surface area contributed by atoms with E-state index in [1.165, 1.54) is 18.2 Å². The predicted octanol–water partition coefficient (Wildman–Crippen LogP) is 6.10. The molecular formula is C28H34N2O3S. The van der Waals surface area contributed by atoms with Gasteiger partial charge >= 0.3 is 5.97 Å². The van der Waals surface area contributed by atoms with Crippen molar-refractivity contribution in [1.82, 2.24) is 9.55 Å². The second kappa shape index (κ2) is 10.3. The van der Waals surface area contributed by atoms with Crippen molar-refractivity contribution in [2.45, 2.75) is 65.1 Å².